The Hall–Kier alpha value is -2.37. The summed E-state index contributed by atoms with van der Waals surface area (Å²) in [5.41, 5.74) is 10.5. The quantitative estimate of drug-likeness (QED) is 0.389. The normalized spacial score (nSPS) is 11.8. The molecule has 6 heteroatoms. The number of nitrogens with zero attached hydrogens (tertiary/aromatic N) is 2. The summed E-state index contributed by atoms with van der Waals surface area (Å²) in [6, 6.07) is 14.2. The third-order valence-corrected chi connectivity index (χ3v) is 3.73. The summed E-state index contributed by atoms with van der Waals surface area (Å²) in [6.07, 6.45) is 1.35. The Morgan fingerprint density at radius 3 is 2.39 bits per heavy atom. The fourth-order valence-corrected chi connectivity index (χ4v) is 2.46. The minimum atomic E-state index is -0.349. The molecule has 0 aliphatic heterocycles. The van der Waals surface area contributed by atoms with Gasteiger partial charge in [-0.15, -0.1) is 12.4 Å². The molecule has 1 heterocycles. The number of nitrogens with one attached hydrogen (secondary N) is 1. The largest absolute Gasteiger partial charge is 0.411 e. The van der Waals surface area contributed by atoms with Crippen LogP contribution in [0.1, 0.15) is 25.1 Å². The zero-order valence-corrected chi connectivity index (χ0v) is 13.8. The molecule has 3 rings (SSSR count). The number of H-pyrrole nitrogens is 1. The Balaban J connectivity index is 0.00000192. The zero-order chi connectivity index (χ0) is 15.7. The van der Waals surface area contributed by atoms with E-state index >= 15 is 0 Å². The van der Waals surface area contributed by atoms with E-state index in [1.54, 1.807) is 0 Å². The number of oxime groups is 1. The fraction of sp³-hybridized carbons (Fsp3) is 0.176. The highest BCUT2D eigenvalue weighted by Gasteiger charge is 2.13. The second-order valence-electron chi connectivity index (χ2n) is 5.91. The van der Waals surface area contributed by atoms with Gasteiger partial charge >= 0.3 is 0 Å². The first-order valence-corrected chi connectivity index (χ1v) is 7.04. The molecule has 120 valence electrons. The minimum absolute atomic E-state index is 0. The van der Waals surface area contributed by atoms with Crippen molar-refractivity contribution >= 4 is 29.5 Å². The molecule has 2 aromatic carbocycles. The number of benzene rings is 2. The molecule has 0 saturated carbocycles. The van der Waals surface area contributed by atoms with Gasteiger partial charge in [0.1, 0.15) is 0 Å². The standard InChI is InChI=1S/C17H18N4O.ClH/c1-17(2,18)13-6-3-11(4-7-13)12-5-8-15-14(9-12)16(10-19-22)21-20-15;/h3-10,22H,18H2,1-2H3,(H,20,21);1H. The smallest absolute Gasteiger partial charge is 0.0928 e. The van der Waals surface area contributed by atoms with Crippen molar-refractivity contribution in [3.63, 3.8) is 0 Å². The van der Waals surface area contributed by atoms with E-state index in [0.29, 0.717) is 5.69 Å². The van der Waals surface area contributed by atoms with E-state index in [2.05, 4.69) is 27.5 Å². The second-order valence-corrected chi connectivity index (χ2v) is 5.91. The number of hydrogen-bond donors (Lipinski definition) is 3. The van der Waals surface area contributed by atoms with Crippen molar-refractivity contribution < 1.29 is 5.21 Å². The van der Waals surface area contributed by atoms with Gasteiger partial charge in [-0.3, -0.25) is 5.10 Å². The monoisotopic (exact) mass is 330 g/mol. The van der Waals surface area contributed by atoms with Gasteiger partial charge in [0.15, 0.2) is 0 Å². The van der Waals surface area contributed by atoms with E-state index in [1.165, 1.54) is 6.21 Å². The minimum Gasteiger partial charge on any atom is -0.411 e. The summed E-state index contributed by atoms with van der Waals surface area (Å²) in [6.45, 7) is 3.97. The van der Waals surface area contributed by atoms with Crippen LogP contribution in [0.4, 0.5) is 0 Å². The van der Waals surface area contributed by atoms with Crippen molar-refractivity contribution in [1.82, 2.24) is 10.2 Å². The van der Waals surface area contributed by atoms with Crippen LogP contribution < -0.4 is 5.73 Å². The van der Waals surface area contributed by atoms with Gasteiger partial charge in [0.05, 0.1) is 17.4 Å². The van der Waals surface area contributed by atoms with Gasteiger partial charge in [0, 0.05) is 10.9 Å². The predicted octanol–water partition coefficient (Wildman–Crippen LogP) is 3.65. The van der Waals surface area contributed by atoms with Gasteiger partial charge in [-0.2, -0.15) is 5.10 Å². The van der Waals surface area contributed by atoms with Crippen LogP contribution in [0, 0.1) is 0 Å². The highest BCUT2D eigenvalue weighted by molar-refractivity contribution is 5.98. The maximum atomic E-state index is 8.70. The lowest BCUT2D eigenvalue weighted by molar-refractivity contribution is 0.321. The molecular formula is C17H19ClN4O. The average molecular weight is 331 g/mol. The fourth-order valence-electron chi connectivity index (χ4n) is 2.46. The Labute approximate surface area is 140 Å². The SMILES string of the molecule is CC(C)(N)c1ccc(-c2ccc3n[nH]c(C=NO)c3c2)cc1.Cl. The zero-order valence-electron chi connectivity index (χ0n) is 12.9. The van der Waals surface area contributed by atoms with Crippen LogP contribution in [0.15, 0.2) is 47.6 Å². The molecule has 1 aromatic heterocycles. The summed E-state index contributed by atoms with van der Waals surface area (Å²) in [4.78, 5) is 0. The van der Waals surface area contributed by atoms with E-state index in [0.717, 1.165) is 27.6 Å². The highest BCUT2D eigenvalue weighted by Crippen LogP contribution is 2.27. The molecule has 0 unspecified atom stereocenters. The third kappa shape index (κ3) is 3.36. The van der Waals surface area contributed by atoms with E-state index < -0.39 is 0 Å². The molecule has 0 amide bonds. The molecule has 5 nitrogen and oxygen atoms in total. The maximum absolute atomic E-state index is 8.70. The first-order valence-electron chi connectivity index (χ1n) is 7.04. The number of aromatic nitrogens is 2. The lowest BCUT2D eigenvalue weighted by Gasteiger charge is -2.19. The van der Waals surface area contributed by atoms with Crippen molar-refractivity contribution in [3.05, 3.63) is 53.7 Å². The van der Waals surface area contributed by atoms with Crippen molar-refractivity contribution in [1.29, 1.82) is 0 Å². The molecule has 0 saturated heterocycles. The predicted molar refractivity (Wildman–Crippen MR) is 95.4 cm³/mol. The Bertz CT molecular complexity index is 832. The van der Waals surface area contributed by atoms with Gasteiger partial charge < -0.3 is 10.9 Å². The second kappa shape index (κ2) is 6.40. The number of halogens is 1. The summed E-state index contributed by atoms with van der Waals surface area (Å²) in [7, 11) is 0. The molecule has 0 radical (unpaired) electrons. The molecule has 0 aliphatic rings. The highest BCUT2D eigenvalue weighted by atomic mass is 35.5. The number of nitrogens with two attached hydrogens (primary N) is 1. The number of fused-ring (bicyclic) bond motifs is 1. The maximum Gasteiger partial charge on any atom is 0.0928 e. The molecule has 0 aliphatic carbocycles. The molecule has 0 fully saturated rings. The van der Waals surface area contributed by atoms with E-state index in [9.17, 15) is 0 Å². The van der Waals surface area contributed by atoms with Crippen molar-refractivity contribution in [3.8, 4) is 11.1 Å². The molecule has 0 spiro atoms. The number of aromatic amines is 1. The van der Waals surface area contributed by atoms with Crippen LogP contribution in [0.5, 0.6) is 0 Å². The van der Waals surface area contributed by atoms with Crippen LogP contribution in [0.2, 0.25) is 0 Å². The van der Waals surface area contributed by atoms with Gasteiger partial charge in [-0.1, -0.05) is 35.5 Å². The molecule has 23 heavy (non-hydrogen) atoms. The van der Waals surface area contributed by atoms with Gasteiger partial charge in [-0.25, -0.2) is 0 Å². The summed E-state index contributed by atoms with van der Waals surface area (Å²) >= 11 is 0. The summed E-state index contributed by atoms with van der Waals surface area (Å²) in [5.74, 6) is 0. The summed E-state index contributed by atoms with van der Waals surface area (Å²) in [5, 5.41) is 19.7. The Kier molecular flexibility index (Phi) is 4.73. The Morgan fingerprint density at radius 2 is 1.78 bits per heavy atom. The first-order chi connectivity index (χ1) is 10.5. The molecule has 3 aromatic rings. The third-order valence-electron chi connectivity index (χ3n) is 3.73. The molecule has 0 bridgehead atoms. The molecule has 4 N–H and O–H groups in total. The summed E-state index contributed by atoms with van der Waals surface area (Å²) < 4.78 is 0. The van der Waals surface area contributed by atoms with Crippen LogP contribution >= 0.6 is 12.4 Å². The van der Waals surface area contributed by atoms with Crippen LogP contribution in [-0.2, 0) is 5.54 Å². The average Bonchev–Trinajstić information content (AvgIpc) is 2.89. The first kappa shape index (κ1) is 17.0. The van der Waals surface area contributed by atoms with Crippen LogP contribution in [0.25, 0.3) is 22.0 Å². The topological polar surface area (TPSA) is 87.3 Å². The van der Waals surface area contributed by atoms with E-state index in [-0.39, 0.29) is 17.9 Å². The van der Waals surface area contributed by atoms with Gasteiger partial charge in [-0.05, 0) is 42.7 Å². The molecule has 0 atom stereocenters. The number of rotatable bonds is 3. The lowest BCUT2D eigenvalue weighted by atomic mass is 9.93. The van der Waals surface area contributed by atoms with Gasteiger partial charge in [0.25, 0.3) is 0 Å². The lowest BCUT2D eigenvalue weighted by Crippen LogP contribution is -2.28. The van der Waals surface area contributed by atoms with Crippen molar-refractivity contribution in [2.24, 2.45) is 10.9 Å². The van der Waals surface area contributed by atoms with Crippen LogP contribution in [-0.4, -0.2) is 21.6 Å². The van der Waals surface area contributed by atoms with Crippen molar-refractivity contribution in [2.75, 3.05) is 0 Å². The number of hydrogen-bond acceptors (Lipinski definition) is 4. The van der Waals surface area contributed by atoms with Crippen LogP contribution in [0.3, 0.4) is 0 Å². The van der Waals surface area contributed by atoms with Gasteiger partial charge in [0.2, 0.25) is 0 Å². The van der Waals surface area contributed by atoms with E-state index in [4.69, 9.17) is 10.9 Å². The molecular weight excluding hydrogens is 312 g/mol. The Morgan fingerprint density at radius 1 is 1.13 bits per heavy atom. The van der Waals surface area contributed by atoms with Crippen molar-refractivity contribution in [2.45, 2.75) is 19.4 Å². The van der Waals surface area contributed by atoms with E-state index in [1.807, 2.05) is 44.2 Å².